The highest BCUT2D eigenvalue weighted by atomic mass is 35.5. The van der Waals surface area contributed by atoms with Crippen molar-refractivity contribution < 1.29 is 31.4 Å². The van der Waals surface area contributed by atoms with Crippen molar-refractivity contribution in [2.45, 2.75) is 19.9 Å². The summed E-state index contributed by atoms with van der Waals surface area (Å²) in [4.78, 5) is 15.0. The highest BCUT2D eigenvalue weighted by molar-refractivity contribution is 6.02. The van der Waals surface area contributed by atoms with Crippen LogP contribution < -0.4 is 32.5 Å². The van der Waals surface area contributed by atoms with E-state index in [4.69, 9.17) is 14.2 Å². The lowest BCUT2D eigenvalue weighted by molar-refractivity contribution is -0.118. The van der Waals surface area contributed by atoms with Crippen LogP contribution in [0.1, 0.15) is 18.9 Å². The Labute approximate surface area is 219 Å². The molecule has 0 unspecified atom stereocenters. The molecule has 1 fully saturated rings. The van der Waals surface area contributed by atoms with Gasteiger partial charge in [-0.15, -0.1) is 0 Å². The van der Waals surface area contributed by atoms with Gasteiger partial charge in [0, 0.05) is 30.7 Å². The summed E-state index contributed by atoms with van der Waals surface area (Å²) in [6, 6.07) is 19.7. The van der Waals surface area contributed by atoms with E-state index in [9.17, 15) is 4.79 Å². The van der Waals surface area contributed by atoms with Gasteiger partial charge in [0.05, 0.1) is 19.8 Å². The summed E-state index contributed by atoms with van der Waals surface area (Å²) in [5.41, 5.74) is 1.89. The normalized spacial score (nSPS) is 13.7. The van der Waals surface area contributed by atoms with Crippen LogP contribution in [0.25, 0.3) is 10.8 Å². The Morgan fingerprint density at radius 1 is 1.00 bits per heavy atom. The molecule has 0 bridgehead atoms. The first-order chi connectivity index (χ1) is 17.2. The number of hydrogen-bond donors (Lipinski definition) is 2. The average molecular weight is 513 g/mol. The predicted molar refractivity (Wildman–Crippen MR) is 139 cm³/mol. The third-order valence-electron chi connectivity index (χ3n) is 5.99. The Balaban J connectivity index is 0.00000361. The van der Waals surface area contributed by atoms with Crippen LogP contribution in [-0.2, 0) is 16.1 Å². The summed E-state index contributed by atoms with van der Waals surface area (Å²) in [6.45, 7) is 8.90. The molecule has 0 spiro atoms. The maximum absolute atomic E-state index is 12.6. The molecular weight excluding hydrogens is 478 g/mol. The topological polar surface area (TPSA) is 72.1 Å². The van der Waals surface area contributed by atoms with Gasteiger partial charge in [-0.3, -0.25) is 9.69 Å². The summed E-state index contributed by atoms with van der Waals surface area (Å²) >= 11 is 0. The van der Waals surface area contributed by atoms with Crippen molar-refractivity contribution >= 4 is 22.4 Å². The third kappa shape index (κ3) is 8.10. The zero-order valence-electron chi connectivity index (χ0n) is 20.8. The number of ether oxygens (including phenoxy) is 3. The molecule has 0 aliphatic carbocycles. The first-order valence-corrected chi connectivity index (χ1v) is 12.4. The number of carbonyl (C=O) groups excluding carboxylic acids is 1. The molecule has 0 atom stereocenters. The van der Waals surface area contributed by atoms with E-state index in [0.29, 0.717) is 18.1 Å². The molecule has 1 aliphatic rings. The minimum absolute atomic E-state index is 0. The Morgan fingerprint density at radius 3 is 2.64 bits per heavy atom. The van der Waals surface area contributed by atoms with Gasteiger partial charge in [0.25, 0.3) is 5.91 Å². The van der Waals surface area contributed by atoms with Crippen LogP contribution in [0.15, 0.2) is 60.7 Å². The quantitative estimate of drug-likeness (QED) is 0.354. The van der Waals surface area contributed by atoms with Crippen LogP contribution in [0.2, 0.25) is 0 Å². The molecule has 2 N–H and O–H groups in total. The molecule has 194 valence electrons. The van der Waals surface area contributed by atoms with Gasteiger partial charge >= 0.3 is 0 Å². The lowest BCUT2D eigenvalue weighted by Gasteiger charge is -2.26. The summed E-state index contributed by atoms with van der Waals surface area (Å²) in [5.74, 6) is 1.00. The number of halogens is 1. The number of rotatable bonds is 12. The fraction of sp³-hybridized carbons (Fsp3) is 0.393. The number of carbonyl (C=O) groups is 1. The molecule has 8 heteroatoms. The summed E-state index contributed by atoms with van der Waals surface area (Å²) in [5, 5.41) is 8.54. The SMILES string of the molecule is CCOc1cc(CNCCCN2CCOCC2)ccc1OCC(=O)Nc1cccc2ccccc12.[Cl-]. The molecule has 0 radical (unpaired) electrons. The second-order valence-electron chi connectivity index (χ2n) is 8.56. The molecule has 3 aromatic carbocycles. The fourth-order valence-electron chi connectivity index (χ4n) is 4.20. The maximum Gasteiger partial charge on any atom is 0.262 e. The van der Waals surface area contributed by atoms with Gasteiger partial charge < -0.3 is 37.3 Å². The second kappa shape index (κ2) is 14.7. The highest BCUT2D eigenvalue weighted by Crippen LogP contribution is 2.29. The molecule has 7 nitrogen and oxygen atoms in total. The van der Waals surface area contributed by atoms with E-state index >= 15 is 0 Å². The van der Waals surface area contributed by atoms with E-state index in [1.165, 1.54) is 0 Å². The van der Waals surface area contributed by atoms with E-state index in [0.717, 1.165) is 74.4 Å². The minimum atomic E-state index is -0.213. The van der Waals surface area contributed by atoms with Crippen molar-refractivity contribution in [2.75, 3.05) is 57.9 Å². The molecule has 1 amide bonds. The lowest BCUT2D eigenvalue weighted by atomic mass is 10.1. The first kappa shape index (κ1) is 27.7. The molecule has 0 aromatic heterocycles. The number of nitrogens with zero attached hydrogens (tertiary/aromatic N) is 1. The van der Waals surface area contributed by atoms with E-state index in [1.807, 2.05) is 67.6 Å². The van der Waals surface area contributed by atoms with Crippen molar-refractivity contribution in [1.82, 2.24) is 10.2 Å². The van der Waals surface area contributed by atoms with Crippen LogP contribution in [0, 0.1) is 0 Å². The van der Waals surface area contributed by atoms with Gasteiger partial charge in [-0.25, -0.2) is 0 Å². The van der Waals surface area contributed by atoms with Crippen molar-refractivity contribution in [1.29, 1.82) is 0 Å². The standard InChI is InChI=1S/C28H35N3O4.ClH/c1-2-34-27-19-22(20-29-13-6-14-31-15-17-33-18-16-31)11-12-26(27)35-21-28(32)30-25-10-5-8-23-7-3-4-9-24(23)25;/h3-5,7-12,19,29H,2,6,13-18,20-21H2,1H3,(H,30,32);1H/p-1. The number of fused-ring (bicyclic) bond motifs is 1. The van der Waals surface area contributed by atoms with Gasteiger partial charge in [-0.1, -0.05) is 42.5 Å². The van der Waals surface area contributed by atoms with Crippen molar-refractivity contribution in [3.8, 4) is 11.5 Å². The van der Waals surface area contributed by atoms with Gasteiger partial charge in [0.2, 0.25) is 0 Å². The third-order valence-corrected chi connectivity index (χ3v) is 5.99. The predicted octanol–water partition coefficient (Wildman–Crippen LogP) is 1.07. The molecule has 1 aliphatic heterocycles. The van der Waals surface area contributed by atoms with Crippen LogP contribution in [0.5, 0.6) is 11.5 Å². The molecular formula is C28H35ClN3O4-. The molecule has 1 heterocycles. The van der Waals surface area contributed by atoms with Crippen LogP contribution in [-0.4, -0.2) is 63.4 Å². The smallest absolute Gasteiger partial charge is 0.262 e. The number of anilines is 1. The molecule has 0 saturated carbocycles. The number of morpholine rings is 1. The first-order valence-electron chi connectivity index (χ1n) is 12.4. The van der Waals surface area contributed by atoms with E-state index in [1.54, 1.807) is 0 Å². The Morgan fingerprint density at radius 2 is 1.81 bits per heavy atom. The zero-order valence-corrected chi connectivity index (χ0v) is 21.6. The molecule has 36 heavy (non-hydrogen) atoms. The van der Waals surface area contributed by atoms with Crippen LogP contribution >= 0.6 is 0 Å². The largest absolute Gasteiger partial charge is 1.00 e. The summed E-state index contributed by atoms with van der Waals surface area (Å²) in [7, 11) is 0. The van der Waals surface area contributed by atoms with Gasteiger partial charge in [0.1, 0.15) is 0 Å². The van der Waals surface area contributed by atoms with Gasteiger partial charge in [-0.05, 0) is 55.6 Å². The molecule has 3 aromatic rings. The van der Waals surface area contributed by atoms with Crippen molar-refractivity contribution in [2.24, 2.45) is 0 Å². The molecule has 1 saturated heterocycles. The highest BCUT2D eigenvalue weighted by Gasteiger charge is 2.12. The molecule has 4 rings (SSSR count). The minimum Gasteiger partial charge on any atom is -1.00 e. The second-order valence-corrected chi connectivity index (χ2v) is 8.56. The number of benzene rings is 3. The fourth-order valence-corrected chi connectivity index (χ4v) is 4.20. The van der Waals surface area contributed by atoms with Crippen molar-refractivity contribution in [3.05, 3.63) is 66.2 Å². The average Bonchev–Trinajstić information content (AvgIpc) is 2.89. The number of amides is 1. The van der Waals surface area contributed by atoms with E-state index in [-0.39, 0.29) is 24.9 Å². The van der Waals surface area contributed by atoms with Gasteiger partial charge in [-0.2, -0.15) is 0 Å². The Hall–Kier alpha value is -2.84. The zero-order chi connectivity index (χ0) is 24.3. The monoisotopic (exact) mass is 512 g/mol. The van der Waals surface area contributed by atoms with Crippen LogP contribution in [0.4, 0.5) is 5.69 Å². The number of nitrogens with one attached hydrogen (secondary N) is 2. The number of hydrogen-bond acceptors (Lipinski definition) is 6. The van der Waals surface area contributed by atoms with Crippen molar-refractivity contribution in [3.63, 3.8) is 0 Å². The Kier molecular flexibility index (Phi) is 11.3. The summed E-state index contributed by atoms with van der Waals surface area (Å²) < 4.78 is 17.0. The van der Waals surface area contributed by atoms with Gasteiger partial charge in [0.15, 0.2) is 18.1 Å². The van der Waals surface area contributed by atoms with Crippen LogP contribution in [0.3, 0.4) is 0 Å². The Bertz CT molecular complexity index is 1100. The summed E-state index contributed by atoms with van der Waals surface area (Å²) in [6.07, 6.45) is 1.10. The maximum atomic E-state index is 12.6. The van der Waals surface area contributed by atoms with E-state index < -0.39 is 0 Å². The van der Waals surface area contributed by atoms with E-state index in [2.05, 4.69) is 15.5 Å². The lowest BCUT2D eigenvalue weighted by Crippen LogP contribution is -3.00.